The molecule has 9 rings (SSSR count). The molecule has 1 heteroatoms. The topological polar surface area (TPSA) is 13.1 Å². The van der Waals surface area contributed by atoms with Gasteiger partial charge in [0, 0.05) is 16.3 Å². The van der Waals surface area contributed by atoms with E-state index < -0.39 is 0 Å². The second-order valence-electron chi connectivity index (χ2n) is 10.8. The van der Waals surface area contributed by atoms with Gasteiger partial charge >= 0.3 is 0 Å². The van der Waals surface area contributed by atoms with E-state index in [2.05, 4.69) is 140 Å². The quantitative estimate of drug-likeness (QED) is 0.211. The summed E-state index contributed by atoms with van der Waals surface area (Å²) in [4.78, 5) is 0. The minimum absolute atomic E-state index is 0.914. The third-order valence-electron chi connectivity index (χ3n) is 8.65. The van der Waals surface area contributed by atoms with Crippen LogP contribution in [0.1, 0.15) is 0 Å². The minimum Gasteiger partial charge on any atom is -0.455 e. The third kappa shape index (κ3) is 3.24. The Morgan fingerprint density at radius 1 is 0.317 bits per heavy atom. The maximum atomic E-state index is 6.59. The molecule has 0 amide bonds. The van der Waals surface area contributed by atoms with Gasteiger partial charge < -0.3 is 4.42 Å². The van der Waals surface area contributed by atoms with E-state index in [0.717, 1.165) is 27.7 Å². The van der Waals surface area contributed by atoms with Gasteiger partial charge in [-0.3, -0.25) is 0 Å². The number of para-hydroxylation sites is 1. The maximum Gasteiger partial charge on any atom is 0.143 e. The average Bonchev–Trinajstić information content (AvgIpc) is 3.44. The van der Waals surface area contributed by atoms with Crippen molar-refractivity contribution in [1.29, 1.82) is 0 Å². The zero-order valence-electron chi connectivity index (χ0n) is 22.3. The van der Waals surface area contributed by atoms with Crippen LogP contribution in [-0.2, 0) is 0 Å². The second kappa shape index (κ2) is 8.55. The molecule has 0 fully saturated rings. The van der Waals surface area contributed by atoms with Crippen LogP contribution in [0.4, 0.5) is 0 Å². The lowest BCUT2D eigenvalue weighted by Gasteiger charge is -2.17. The molecule has 0 spiro atoms. The molecule has 0 saturated heterocycles. The summed E-state index contributed by atoms with van der Waals surface area (Å²) in [6.45, 7) is 0. The van der Waals surface area contributed by atoms with Crippen molar-refractivity contribution in [3.63, 3.8) is 0 Å². The van der Waals surface area contributed by atoms with Gasteiger partial charge in [-0.05, 0) is 72.3 Å². The molecule has 0 radical (unpaired) electrons. The van der Waals surface area contributed by atoms with Crippen molar-refractivity contribution < 1.29 is 4.42 Å². The lowest BCUT2D eigenvalue weighted by Crippen LogP contribution is -1.90. The summed E-state index contributed by atoms with van der Waals surface area (Å²) >= 11 is 0. The van der Waals surface area contributed by atoms with E-state index in [1.54, 1.807) is 0 Å². The van der Waals surface area contributed by atoms with Crippen LogP contribution in [0.2, 0.25) is 0 Å². The molecule has 0 atom stereocenters. The summed E-state index contributed by atoms with van der Waals surface area (Å²) in [5.41, 5.74) is 9.07. The van der Waals surface area contributed by atoms with Crippen LogP contribution in [-0.4, -0.2) is 0 Å². The third-order valence-corrected chi connectivity index (χ3v) is 8.65. The Kier molecular flexibility index (Phi) is 4.67. The Hall–Kier alpha value is -5.40. The van der Waals surface area contributed by atoms with Gasteiger partial charge in [-0.15, -0.1) is 0 Å². The molecule has 0 bridgehead atoms. The lowest BCUT2D eigenvalue weighted by molar-refractivity contribution is 0.670. The van der Waals surface area contributed by atoms with Crippen LogP contribution in [0.5, 0.6) is 0 Å². The van der Waals surface area contributed by atoms with Crippen molar-refractivity contribution in [2.75, 3.05) is 0 Å². The molecular formula is C40H24O. The number of hydrogen-bond acceptors (Lipinski definition) is 1. The molecule has 8 aromatic carbocycles. The van der Waals surface area contributed by atoms with Gasteiger partial charge in [-0.1, -0.05) is 133 Å². The summed E-state index contributed by atoms with van der Waals surface area (Å²) in [6.07, 6.45) is 0. The van der Waals surface area contributed by atoms with E-state index in [4.69, 9.17) is 4.42 Å². The average molecular weight is 521 g/mol. The Bertz CT molecular complexity index is 2400. The Morgan fingerprint density at radius 2 is 0.829 bits per heavy atom. The second-order valence-corrected chi connectivity index (χ2v) is 10.8. The van der Waals surface area contributed by atoms with Crippen LogP contribution in [0.25, 0.3) is 87.6 Å². The van der Waals surface area contributed by atoms with Gasteiger partial charge in [-0.2, -0.15) is 0 Å². The highest BCUT2D eigenvalue weighted by molar-refractivity contribution is 6.29. The number of rotatable bonds is 3. The smallest absolute Gasteiger partial charge is 0.143 e. The molecule has 41 heavy (non-hydrogen) atoms. The van der Waals surface area contributed by atoms with Gasteiger partial charge in [0.15, 0.2) is 0 Å². The Balaban J connectivity index is 1.39. The van der Waals surface area contributed by atoms with Gasteiger partial charge in [0.05, 0.1) is 0 Å². The molecule has 0 saturated carbocycles. The largest absolute Gasteiger partial charge is 0.455 e. The lowest BCUT2D eigenvalue weighted by atomic mass is 9.86. The van der Waals surface area contributed by atoms with Crippen LogP contribution in [0.15, 0.2) is 150 Å². The van der Waals surface area contributed by atoms with E-state index >= 15 is 0 Å². The highest BCUT2D eigenvalue weighted by Gasteiger charge is 2.20. The molecule has 0 aliphatic carbocycles. The first-order valence-electron chi connectivity index (χ1n) is 14.1. The fourth-order valence-corrected chi connectivity index (χ4v) is 6.80. The van der Waals surface area contributed by atoms with Crippen LogP contribution in [0, 0.1) is 0 Å². The van der Waals surface area contributed by atoms with Gasteiger partial charge in [0.2, 0.25) is 0 Å². The summed E-state index contributed by atoms with van der Waals surface area (Å²) < 4.78 is 6.59. The Labute approximate surface area is 237 Å². The standard InChI is InChI=1S/C40H24O/c1-3-9-25(10-4-1)29-19-17-27-15-16-28-18-20-31(33-24-23-32(29)37(27)38(28)33)34-22-21-30(26-11-5-2-6-12-26)40-39(34)35-13-7-8-14-36(35)41-40/h1-24H. The highest BCUT2D eigenvalue weighted by Crippen LogP contribution is 2.46. The normalized spacial score (nSPS) is 11.9. The van der Waals surface area contributed by atoms with Crippen LogP contribution >= 0.6 is 0 Å². The summed E-state index contributed by atoms with van der Waals surface area (Å²) in [5, 5.41) is 10.1. The molecular weight excluding hydrogens is 496 g/mol. The molecule has 190 valence electrons. The molecule has 0 aliphatic rings. The predicted octanol–water partition coefficient (Wildman–Crippen LogP) is 11.5. The summed E-state index contributed by atoms with van der Waals surface area (Å²) in [6, 6.07) is 52.4. The van der Waals surface area contributed by atoms with Crippen LogP contribution in [0.3, 0.4) is 0 Å². The minimum atomic E-state index is 0.914. The van der Waals surface area contributed by atoms with Crippen molar-refractivity contribution in [2.45, 2.75) is 0 Å². The fourth-order valence-electron chi connectivity index (χ4n) is 6.80. The molecule has 0 unspecified atom stereocenters. The molecule has 1 aromatic heterocycles. The maximum absolute atomic E-state index is 6.59. The highest BCUT2D eigenvalue weighted by atomic mass is 16.3. The van der Waals surface area contributed by atoms with Crippen molar-refractivity contribution in [3.8, 4) is 33.4 Å². The molecule has 0 aliphatic heterocycles. The monoisotopic (exact) mass is 520 g/mol. The van der Waals surface area contributed by atoms with E-state index in [1.807, 2.05) is 6.07 Å². The SMILES string of the molecule is c1ccc(-c2ccc3ccc4ccc(-c5ccc(-c6ccccc6)c6oc7ccccc7c56)c5ccc2c3c45)cc1. The molecule has 9 aromatic rings. The first-order valence-corrected chi connectivity index (χ1v) is 14.1. The van der Waals surface area contributed by atoms with Crippen molar-refractivity contribution in [1.82, 2.24) is 0 Å². The van der Waals surface area contributed by atoms with Gasteiger partial charge in [0.25, 0.3) is 0 Å². The van der Waals surface area contributed by atoms with E-state index in [0.29, 0.717) is 0 Å². The zero-order chi connectivity index (χ0) is 26.9. The Morgan fingerprint density at radius 3 is 1.54 bits per heavy atom. The molecule has 1 nitrogen and oxygen atoms in total. The summed E-state index contributed by atoms with van der Waals surface area (Å²) in [7, 11) is 0. The summed E-state index contributed by atoms with van der Waals surface area (Å²) in [5.74, 6) is 0. The van der Waals surface area contributed by atoms with E-state index in [9.17, 15) is 0 Å². The first-order chi connectivity index (χ1) is 20.3. The number of hydrogen-bond donors (Lipinski definition) is 0. The molecule has 1 heterocycles. The van der Waals surface area contributed by atoms with Crippen molar-refractivity contribution in [3.05, 3.63) is 146 Å². The van der Waals surface area contributed by atoms with Gasteiger partial charge in [-0.25, -0.2) is 0 Å². The predicted molar refractivity (Wildman–Crippen MR) is 174 cm³/mol. The first kappa shape index (κ1) is 22.4. The number of furan rings is 1. The van der Waals surface area contributed by atoms with Crippen LogP contribution < -0.4 is 0 Å². The van der Waals surface area contributed by atoms with E-state index in [-0.39, 0.29) is 0 Å². The van der Waals surface area contributed by atoms with Crippen molar-refractivity contribution in [2.24, 2.45) is 0 Å². The fraction of sp³-hybridized carbons (Fsp3) is 0. The van der Waals surface area contributed by atoms with E-state index in [1.165, 1.54) is 60.0 Å². The zero-order valence-corrected chi connectivity index (χ0v) is 22.3. The number of benzene rings is 8. The van der Waals surface area contributed by atoms with Crippen molar-refractivity contribution >= 4 is 54.3 Å². The number of fused-ring (bicyclic) bond motifs is 3. The van der Waals surface area contributed by atoms with Gasteiger partial charge in [0.1, 0.15) is 11.2 Å². The molecule has 0 N–H and O–H groups in total.